The van der Waals surface area contributed by atoms with E-state index in [1.165, 1.54) is 0 Å². The second-order valence-corrected chi connectivity index (χ2v) is 4.08. The summed E-state index contributed by atoms with van der Waals surface area (Å²) in [5.41, 5.74) is 1.02. The number of ether oxygens (including phenoxy) is 2. The average molecular weight is 257 g/mol. The van der Waals surface area contributed by atoms with Gasteiger partial charge in [0.25, 0.3) is 0 Å². The summed E-state index contributed by atoms with van der Waals surface area (Å²) in [6, 6.07) is 5.55. The minimum absolute atomic E-state index is 0.182. The van der Waals surface area contributed by atoms with Crippen molar-refractivity contribution in [2.75, 3.05) is 13.2 Å². The van der Waals surface area contributed by atoms with Gasteiger partial charge in [-0.25, -0.2) is 0 Å². The number of esters is 1. The molecule has 0 bridgehead atoms. The van der Waals surface area contributed by atoms with Crippen LogP contribution in [0.15, 0.2) is 18.2 Å². The Morgan fingerprint density at radius 2 is 2.18 bits per heavy atom. The highest BCUT2D eigenvalue weighted by molar-refractivity contribution is 6.31. The van der Waals surface area contributed by atoms with E-state index in [0.717, 1.165) is 11.3 Å². The molecule has 0 aliphatic heterocycles. The van der Waals surface area contributed by atoms with Crippen LogP contribution in [-0.2, 0) is 9.53 Å². The molecule has 0 aliphatic carbocycles. The first-order chi connectivity index (χ1) is 8.13. The van der Waals surface area contributed by atoms with Gasteiger partial charge in [0, 0.05) is 11.4 Å². The molecule has 1 aromatic carbocycles. The number of rotatable bonds is 6. The van der Waals surface area contributed by atoms with Gasteiger partial charge >= 0.3 is 5.97 Å². The number of carbonyl (C=O) groups is 1. The third-order valence-electron chi connectivity index (χ3n) is 2.24. The Morgan fingerprint density at radius 3 is 2.82 bits per heavy atom. The molecule has 0 saturated heterocycles. The number of aryl methyl sites for hydroxylation is 1. The van der Waals surface area contributed by atoms with Gasteiger partial charge in [-0.2, -0.15) is 0 Å². The summed E-state index contributed by atoms with van der Waals surface area (Å²) in [4.78, 5) is 11.1. The van der Waals surface area contributed by atoms with Crippen molar-refractivity contribution in [2.45, 2.75) is 26.7 Å². The molecule has 3 nitrogen and oxygen atoms in total. The summed E-state index contributed by atoms with van der Waals surface area (Å²) in [5.74, 6) is 0.544. The molecule has 0 amide bonds. The van der Waals surface area contributed by atoms with Crippen LogP contribution in [-0.4, -0.2) is 19.2 Å². The number of hydrogen-bond donors (Lipinski definition) is 0. The van der Waals surface area contributed by atoms with Crippen molar-refractivity contribution < 1.29 is 14.3 Å². The molecule has 0 spiro atoms. The number of benzene rings is 1. The topological polar surface area (TPSA) is 35.5 Å². The van der Waals surface area contributed by atoms with Crippen molar-refractivity contribution in [1.29, 1.82) is 0 Å². The quantitative estimate of drug-likeness (QED) is 0.578. The van der Waals surface area contributed by atoms with Crippen LogP contribution in [0.25, 0.3) is 0 Å². The summed E-state index contributed by atoms with van der Waals surface area (Å²) in [6.45, 7) is 4.64. The van der Waals surface area contributed by atoms with Crippen LogP contribution in [0.5, 0.6) is 5.75 Å². The second-order valence-electron chi connectivity index (χ2n) is 3.67. The molecule has 0 unspecified atom stereocenters. The van der Waals surface area contributed by atoms with Crippen LogP contribution < -0.4 is 4.74 Å². The normalized spacial score (nSPS) is 10.1. The highest BCUT2D eigenvalue weighted by Gasteiger charge is 2.02. The molecule has 0 atom stereocenters. The van der Waals surface area contributed by atoms with Crippen molar-refractivity contribution in [3.63, 3.8) is 0 Å². The predicted octanol–water partition coefficient (Wildman–Crippen LogP) is 3.37. The Morgan fingerprint density at radius 1 is 1.41 bits per heavy atom. The zero-order valence-electron chi connectivity index (χ0n) is 10.2. The fourth-order valence-corrected chi connectivity index (χ4v) is 1.47. The Kier molecular flexibility index (Phi) is 5.84. The summed E-state index contributed by atoms with van der Waals surface area (Å²) >= 11 is 5.96. The van der Waals surface area contributed by atoms with E-state index >= 15 is 0 Å². The zero-order valence-corrected chi connectivity index (χ0v) is 10.9. The molecule has 17 heavy (non-hydrogen) atoms. The Balaban J connectivity index is 2.26. The minimum atomic E-state index is -0.182. The van der Waals surface area contributed by atoms with Crippen LogP contribution in [0.2, 0.25) is 5.02 Å². The van der Waals surface area contributed by atoms with Crippen molar-refractivity contribution in [3.05, 3.63) is 28.8 Å². The monoisotopic (exact) mass is 256 g/mol. The van der Waals surface area contributed by atoms with E-state index in [1.54, 1.807) is 13.0 Å². The molecule has 0 radical (unpaired) electrons. The fourth-order valence-electron chi connectivity index (χ4n) is 1.30. The van der Waals surface area contributed by atoms with Gasteiger partial charge in [0.2, 0.25) is 0 Å². The lowest BCUT2D eigenvalue weighted by atomic mass is 10.2. The first-order valence-electron chi connectivity index (χ1n) is 5.68. The lowest BCUT2D eigenvalue weighted by Gasteiger charge is -2.07. The first-order valence-corrected chi connectivity index (χ1v) is 6.06. The Labute approximate surface area is 107 Å². The van der Waals surface area contributed by atoms with Gasteiger partial charge in [0.15, 0.2) is 0 Å². The second kappa shape index (κ2) is 7.17. The maximum absolute atomic E-state index is 11.1. The number of carbonyl (C=O) groups excluding carboxylic acids is 1. The highest BCUT2D eigenvalue weighted by atomic mass is 35.5. The lowest BCUT2D eigenvalue weighted by molar-refractivity contribution is -0.143. The van der Waals surface area contributed by atoms with Crippen LogP contribution in [0.4, 0.5) is 0 Å². The molecule has 0 N–H and O–H groups in total. The summed E-state index contributed by atoms with van der Waals surface area (Å²) in [7, 11) is 0. The zero-order chi connectivity index (χ0) is 12.7. The number of hydrogen-bond acceptors (Lipinski definition) is 3. The molecule has 0 saturated carbocycles. The molecule has 0 aliphatic rings. The van der Waals surface area contributed by atoms with Gasteiger partial charge in [-0.05, 0) is 38.0 Å². The standard InChI is InChI=1S/C13H17ClO3/c1-3-16-13(15)5-4-8-17-11-7-6-10(2)12(14)9-11/h6-7,9H,3-5,8H2,1-2H3. The SMILES string of the molecule is CCOC(=O)CCCOc1ccc(C)c(Cl)c1. The van der Waals surface area contributed by atoms with E-state index in [2.05, 4.69) is 0 Å². The Hall–Kier alpha value is -1.22. The van der Waals surface area contributed by atoms with Crippen LogP contribution >= 0.6 is 11.6 Å². The van der Waals surface area contributed by atoms with E-state index in [-0.39, 0.29) is 5.97 Å². The largest absolute Gasteiger partial charge is 0.494 e. The van der Waals surface area contributed by atoms with Gasteiger partial charge in [-0.15, -0.1) is 0 Å². The van der Waals surface area contributed by atoms with Crippen LogP contribution in [0, 0.1) is 6.92 Å². The minimum Gasteiger partial charge on any atom is -0.494 e. The molecule has 0 aromatic heterocycles. The van der Waals surface area contributed by atoms with Crippen molar-refractivity contribution >= 4 is 17.6 Å². The summed E-state index contributed by atoms with van der Waals surface area (Å²) < 4.78 is 10.3. The molecule has 4 heteroatoms. The summed E-state index contributed by atoms with van der Waals surface area (Å²) in [6.07, 6.45) is 1.03. The van der Waals surface area contributed by atoms with Crippen LogP contribution in [0.1, 0.15) is 25.3 Å². The fraction of sp³-hybridized carbons (Fsp3) is 0.462. The van der Waals surface area contributed by atoms with Crippen molar-refractivity contribution in [3.8, 4) is 5.75 Å². The molecule has 1 aromatic rings. The summed E-state index contributed by atoms with van der Waals surface area (Å²) in [5, 5.41) is 0.688. The third kappa shape index (κ3) is 5.09. The molecule has 0 heterocycles. The molecule has 94 valence electrons. The smallest absolute Gasteiger partial charge is 0.305 e. The highest BCUT2D eigenvalue weighted by Crippen LogP contribution is 2.21. The molecular formula is C13H17ClO3. The van der Waals surface area contributed by atoms with E-state index in [0.29, 0.717) is 31.1 Å². The molecule has 1 rings (SSSR count). The van der Waals surface area contributed by atoms with Gasteiger partial charge in [0.05, 0.1) is 13.2 Å². The lowest BCUT2D eigenvalue weighted by Crippen LogP contribution is -2.06. The van der Waals surface area contributed by atoms with Crippen molar-refractivity contribution in [1.82, 2.24) is 0 Å². The van der Waals surface area contributed by atoms with Gasteiger partial charge in [-0.3, -0.25) is 4.79 Å². The Bertz CT molecular complexity index is 377. The van der Waals surface area contributed by atoms with E-state index in [1.807, 2.05) is 19.1 Å². The van der Waals surface area contributed by atoms with Gasteiger partial charge in [0.1, 0.15) is 5.75 Å². The first kappa shape index (κ1) is 13.8. The maximum Gasteiger partial charge on any atom is 0.305 e. The predicted molar refractivity (Wildman–Crippen MR) is 67.6 cm³/mol. The van der Waals surface area contributed by atoms with E-state index in [4.69, 9.17) is 21.1 Å². The average Bonchev–Trinajstić information content (AvgIpc) is 2.29. The van der Waals surface area contributed by atoms with E-state index in [9.17, 15) is 4.79 Å². The maximum atomic E-state index is 11.1. The molecular weight excluding hydrogens is 240 g/mol. The van der Waals surface area contributed by atoms with Crippen LogP contribution in [0.3, 0.4) is 0 Å². The van der Waals surface area contributed by atoms with Gasteiger partial charge < -0.3 is 9.47 Å². The van der Waals surface area contributed by atoms with Crippen molar-refractivity contribution in [2.24, 2.45) is 0 Å². The molecule has 0 fully saturated rings. The number of halogens is 1. The van der Waals surface area contributed by atoms with E-state index < -0.39 is 0 Å². The van der Waals surface area contributed by atoms with Gasteiger partial charge in [-0.1, -0.05) is 17.7 Å². The third-order valence-corrected chi connectivity index (χ3v) is 2.65.